The average molecular weight is 438 g/mol. The summed E-state index contributed by atoms with van der Waals surface area (Å²) < 4.78 is 25.2. The number of rotatable bonds is 3. The molecule has 32 heavy (non-hydrogen) atoms. The first kappa shape index (κ1) is 20.5. The van der Waals surface area contributed by atoms with E-state index < -0.39 is 47.1 Å². The van der Waals surface area contributed by atoms with Gasteiger partial charge in [-0.2, -0.15) is 0 Å². The number of hydrogen-bond acceptors (Lipinski definition) is 5. The van der Waals surface area contributed by atoms with E-state index in [4.69, 9.17) is 9.47 Å². The molecule has 3 amide bonds. The molecular formula is C24H23FN2O5. The first-order chi connectivity index (χ1) is 15.3. The van der Waals surface area contributed by atoms with Crippen molar-refractivity contribution in [3.8, 4) is 5.75 Å². The Balaban J connectivity index is 1.70. The molecule has 166 valence electrons. The second kappa shape index (κ2) is 7.05. The number of anilines is 1. The summed E-state index contributed by atoms with van der Waals surface area (Å²) in [6.07, 6.45) is 0. The van der Waals surface area contributed by atoms with Crippen LogP contribution >= 0.6 is 0 Å². The minimum atomic E-state index is -1.49. The van der Waals surface area contributed by atoms with E-state index in [2.05, 4.69) is 0 Å². The normalized spacial score (nSPS) is 28.2. The van der Waals surface area contributed by atoms with E-state index in [0.717, 1.165) is 22.1 Å². The number of amides is 3. The summed E-state index contributed by atoms with van der Waals surface area (Å²) in [6, 6.07) is 9.86. The number of carbonyl (C=O) groups excluding carboxylic acids is 3. The Bertz CT molecular complexity index is 1150. The van der Waals surface area contributed by atoms with E-state index in [-0.39, 0.29) is 18.9 Å². The van der Waals surface area contributed by atoms with Crippen molar-refractivity contribution in [1.82, 2.24) is 4.90 Å². The van der Waals surface area contributed by atoms with Crippen LogP contribution in [0.4, 0.5) is 14.9 Å². The number of urea groups is 1. The van der Waals surface area contributed by atoms with Gasteiger partial charge in [-0.15, -0.1) is 0 Å². The Morgan fingerprint density at radius 1 is 1.25 bits per heavy atom. The lowest BCUT2D eigenvalue weighted by Gasteiger charge is -2.34. The van der Waals surface area contributed by atoms with Gasteiger partial charge < -0.3 is 14.4 Å². The van der Waals surface area contributed by atoms with Gasteiger partial charge in [0.15, 0.2) is 0 Å². The summed E-state index contributed by atoms with van der Waals surface area (Å²) >= 11 is 0. The number of esters is 1. The number of imide groups is 1. The van der Waals surface area contributed by atoms with Crippen molar-refractivity contribution in [3.63, 3.8) is 0 Å². The average Bonchev–Trinajstić information content (AvgIpc) is 3.13. The Morgan fingerprint density at radius 3 is 2.75 bits per heavy atom. The van der Waals surface area contributed by atoms with Crippen LogP contribution in [0.1, 0.15) is 31.0 Å². The van der Waals surface area contributed by atoms with Crippen molar-refractivity contribution in [2.45, 2.75) is 32.4 Å². The minimum absolute atomic E-state index is 0.131. The molecule has 0 saturated carbocycles. The highest BCUT2D eigenvalue weighted by atomic mass is 19.1. The summed E-state index contributed by atoms with van der Waals surface area (Å²) in [6.45, 7) is 5.55. The van der Waals surface area contributed by atoms with Crippen LogP contribution < -0.4 is 9.64 Å². The van der Waals surface area contributed by atoms with Gasteiger partial charge in [-0.3, -0.25) is 9.59 Å². The molecule has 0 bridgehead atoms. The zero-order valence-electron chi connectivity index (χ0n) is 18.0. The molecule has 2 fully saturated rings. The number of halogens is 1. The maximum Gasteiger partial charge on any atom is 0.332 e. The van der Waals surface area contributed by atoms with Gasteiger partial charge in [0.05, 0.1) is 30.9 Å². The molecule has 0 aliphatic carbocycles. The summed E-state index contributed by atoms with van der Waals surface area (Å²) in [4.78, 5) is 43.0. The van der Waals surface area contributed by atoms with Crippen molar-refractivity contribution < 1.29 is 28.2 Å². The number of aryl methyl sites for hydroxylation is 1. The zero-order valence-corrected chi connectivity index (χ0v) is 18.0. The molecule has 0 spiro atoms. The lowest BCUT2D eigenvalue weighted by atomic mass is 9.77. The van der Waals surface area contributed by atoms with E-state index in [9.17, 15) is 18.8 Å². The highest BCUT2D eigenvalue weighted by Crippen LogP contribution is 2.58. The van der Waals surface area contributed by atoms with Gasteiger partial charge in [-0.05, 0) is 45.0 Å². The lowest BCUT2D eigenvalue weighted by Crippen LogP contribution is -2.51. The summed E-state index contributed by atoms with van der Waals surface area (Å²) in [5.74, 6) is -2.43. The van der Waals surface area contributed by atoms with Crippen molar-refractivity contribution in [2.24, 2.45) is 11.8 Å². The molecule has 7 nitrogen and oxygen atoms in total. The fourth-order valence-corrected chi connectivity index (χ4v) is 5.46. The van der Waals surface area contributed by atoms with Crippen molar-refractivity contribution in [3.05, 3.63) is 59.4 Å². The molecule has 0 aromatic heterocycles. The van der Waals surface area contributed by atoms with Crippen molar-refractivity contribution in [2.75, 3.05) is 18.1 Å². The lowest BCUT2D eigenvalue weighted by molar-refractivity contribution is -0.154. The van der Waals surface area contributed by atoms with E-state index in [1.807, 2.05) is 25.1 Å². The van der Waals surface area contributed by atoms with Crippen LogP contribution in [0.2, 0.25) is 0 Å². The molecular weight excluding hydrogens is 415 g/mol. The van der Waals surface area contributed by atoms with E-state index in [1.165, 1.54) is 23.1 Å². The highest BCUT2D eigenvalue weighted by molar-refractivity contribution is 6.24. The smallest absolute Gasteiger partial charge is 0.332 e. The van der Waals surface area contributed by atoms with Crippen LogP contribution in [0, 0.1) is 24.6 Å². The third kappa shape index (κ3) is 2.61. The second-order valence-corrected chi connectivity index (χ2v) is 8.61. The number of benzene rings is 2. The van der Waals surface area contributed by atoms with Crippen LogP contribution in [-0.4, -0.2) is 41.6 Å². The van der Waals surface area contributed by atoms with Crippen LogP contribution in [0.3, 0.4) is 0 Å². The van der Waals surface area contributed by atoms with Gasteiger partial charge in [0.25, 0.3) is 5.91 Å². The Labute approximate surface area is 184 Å². The van der Waals surface area contributed by atoms with Crippen molar-refractivity contribution >= 4 is 23.6 Å². The van der Waals surface area contributed by atoms with Gasteiger partial charge in [-0.1, -0.05) is 23.8 Å². The van der Waals surface area contributed by atoms with Crippen LogP contribution in [0.25, 0.3) is 0 Å². The third-order valence-corrected chi connectivity index (χ3v) is 6.77. The number of carbonyl (C=O) groups is 3. The van der Waals surface area contributed by atoms with E-state index >= 15 is 0 Å². The second-order valence-electron chi connectivity index (χ2n) is 8.61. The monoisotopic (exact) mass is 438 g/mol. The molecule has 2 aromatic carbocycles. The van der Waals surface area contributed by atoms with Crippen LogP contribution in [0.5, 0.6) is 5.75 Å². The maximum atomic E-state index is 13.9. The highest BCUT2D eigenvalue weighted by Gasteiger charge is 2.72. The van der Waals surface area contributed by atoms with E-state index in [1.54, 1.807) is 13.8 Å². The third-order valence-electron chi connectivity index (χ3n) is 6.77. The molecule has 0 radical (unpaired) electrons. The first-order valence-electron chi connectivity index (χ1n) is 10.6. The Hall–Kier alpha value is -3.42. The molecule has 0 unspecified atom stereocenters. The quantitative estimate of drug-likeness (QED) is 0.541. The Kier molecular flexibility index (Phi) is 4.51. The van der Waals surface area contributed by atoms with Gasteiger partial charge in [0, 0.05) is 11.5 Å². The van der Waals surface area contributed by atoms with Crippen LogP contribution in [-0.2, 0) is 14.3 Å². The Morgan fingerprint density at radius 2 is 2.03 bits per heavy atom. The predicted molar refractivity (Wildman–Crippen MR) is 113 cm³/mol. The van der Waals surface area contributed by atoms with Gasteiger partial charge in [0.1, 0.15) is 17.1 Å². The molecule has 2 saturated heterocycles. The topological polar surface area (TPSA) is 76.2 Å². The number of nitrogens with zero attached hydrogens (tertiary/aromatic N) is 2. The largest absolute Gasteiger partial charge is 0.493 e. The standard InChI is InChI=1S/C24H23FN2O5/c1-4-31-21(28)19-17-12-32-18-9-8-13(2)10-16(18)20(17)27-23(30)26(22(29)24(19,27)3)15-7-5-6-14(25)11-15/h5-11,17,19-20H,4,12H2,1-3H3/t17-,19+,20-,24+/m1/s1. The summed E-state index contributed by atoms with van der Waals surface area (Å²) in [5.41, 5.74) is 0.363. The van der Waals surface area contributed by atoms with Gasteiger partial charge in [-0.25, -0.2) is 14.1 Å². The molecule has 2 aromatic rings. The molecule has 3 aliphatic rings. The first-order valence-corrected chi connectivity index (χ1v) is 10.6. The van der Waals surface area contributed by atoms with Crippen LogP contribution in [0.15, 0.2) is 42.5 Å². The molecule has 5 rings (SSSR count). The van der Waals surface area contributed by atoms with Gasteiger partial charge >= 0.3 is 12.0 Å². The minimum Gasteiger partial charge on any atom is -0.493 e. The summed E-state index contributed by atoms with van der Waals surface area (Å²) in [7, 11) is 0. The number of fused-ring (bicyclic) bond motifs is 5. The number of ether oxygens (including phenoxy) is 2. The fourth-order valence-electron chi connectivity index (χ4n) is 5.46. The molecule has 8 heteroatoms. The zero-order chi connectivity index (χ0) is 22.8. The van der Waals surface area contributed by atoms with Crippen molar-refractivity contribution in [1.29, 1.82) is 0 Å². The van der Waals surface area contributed by atoms with E-state index in [0.29, 0.717) is 5.75 Å². The summed E-state index contributed by atoms with van der Waals surface area (Å²) in [5, 5.41) is 0. The SMILES string of the molecule is CCOC(=O)[C@@H]1[C@H]2COc3ccc(C)cc3[C@H]2N2C(=O)N(c3cccc(F)c3)C(=O)[C@]12C. The van der Waals surface area contributed by atoms with Gasteiger partial charge in [0.2, 0.25) is 0 Å². The molecule has 3 heterocycles. The predicted octanol–water partition coefficient (Wildman–Crippen LogP) is 3.60. The number of hydrogen-bond donors (Lipinski definition) is 0. The molecule has 4 atom stereocenters. The maximum absolute atomic E-state index is 13.9. The fraction of sp³-hybridized carbons (Fsp3) is 0.375. The molecule has 0 N–H and O–H groups in total. The molecule has 3 aliphatic heterocycles.